The lowest BCUT2D eigenvalue weighted by atomic mass is 9.86. The predicted octanol–water partition coefficient (Wildman–Crippen LogP) is 4.99. The number of alkyl halides is 3. The zero-order chi connectivity index (χ0) is 18.0. The lowest BCUT2D eigenvalue weighted by molar-refractivity contribution is -0.117. The number of anilines is 1. The lowest BCUT2D eigenvalue weighted by Crippen LogP contribution is -2.40. The molecule has 0 aliphatic carbocycles. The number of fused-ring (bicyclic) bond motifs is 1. The summed E-state index contributed by atoms with van der Waals surface area (Å²) in [6.07, 6.45) is 0.572. The van der Waals surface area contributed by atoms with Gasteiger partial charge in [-0.1, -0.05) is 22.9 Å². The van der Waals surface area contributed by atoms with Crippen LogP contribution < -0.4 is 4.90 Å². The first-order valence-corrected chi connectivity index (χ1v) is 9.60. The summed E-state index contributed by atoms with van der Waals surface area (Å²) < 4.78 is 26.6. The van der Waals surface area contributed by atoms with E-state index in [0.29, 0.717) is 23.2 Å². The van der Waals surface area contributed by atoms with Gasteiger partial charge in [0.2, 0.25) is 0 Å². The number of carbonyl (C=O) groups is 1. The van der Waals surface area contributed by atoms with Crippen molar-refractivity contribution in [1.82, 2.24) is 4.98 Å². The number of nitrogens with zero attached hydrogens (tertiary/aromatic N) is 2. The van der Waals surface area contributed by atoms with E-state index in [1.807, 2.05) is 6.07 Å². The van der Waals surface area contributed by atoms with Gasteiger partial charge in [0.25, 0.3) is 6.43 Å². The molecular formula is C19H21BrF2N2O. The van der Waals surface area contributed by atoms with E-state index in [9.17, 15) is 13.6 Å². The molecule has 25 heavy (non-hydrogen) atoms. The Labute approximate surface area is 154 Å². The molecular weight excluding hydrogens is 390 g/mol. The fourth-order valence-corrected chi connectivity index (χ4v) is 4.06. The maximum Gasteiger partial charge on any atom is 0.265 e. The predicted molar refractivity (Wildman–Crippen MR) is 99.6 cm³/mol. The number of pyridine rings is 1. The number of Topliss-reactive ketones (excluding diaryl/α,β-unsaturated/α-hetero) is 1. The largest absolute Gasteiger partial charge is 0.370 e. The van der Waals surface area contributed by atoms with Gasteiger partial charge in [0, 0.05) is 42.3 Å². The second-order valence-corrected chi connectivity index (χ2v) is 7.42. The second-order valence-electron chi connectivity index (χ2n) is 6.86. The molecule has 1 saturated heterocycles. The van der Waals surface area contributed by atoms with Crippen LogP contribution in [0.25, 0.3) is 10.9 Å². The highest BCUT2D eigenvalue weighted by molar-refractivity contribution is 9.09. The van der Waals surface area contributed by atoms with Crippen LogP contribution in [0.2, 0.25) is 0 Å². The van der Waals surface area contributed by atoms with Crippen LogP contribution in [0.5, 0.6) is 0 Å². The SMILES string of the molecule is C[C@H]1C[C@@H](CC(=O)CBr)CN(c2ccc(C(F)F)c3ncccc23)C1. The van der Waals surface area contributed by atoms with Crippen molar-refractivity contribution in [3.05, 3.63) is 36.0 Å². The van der Waals surface area contributed by atoms with Gasteiger partial charge in [-0.25, -0.2) is 8.78 Å². The highest BCUT2D eigenvalue weighted by Gasteiger charge is 2.28. The first-order chi connectivity index (χ1) is 12.0. The first-order valence-electron chi connectivity index (χ1n) is 8.48. The van der Waals surface area contributed by atoms with Crippen molar-refractivity contribution in [2.24, 2.45) is 11.8 Å². The monoisotopic (exact) mass is 410 g/mol. The molecule has 1 aliphatic rings. The normalized spacial score (nSPS) is 21.1. The highest BCUT2D eigenvalue weighted by atomic mass is 79.9. The summed E-state index contributed by atoms with van der Waals surface area (Å²) >= 11 is 3.23. The summed E-state index contributed by atoms with van der Waals surface area (Å²) in [6.45, 7) is 3.80. The number of hydrogen-bond acceptors (Lipinski definition) is 3. The van der Waals surface area contributed by atoms with Gasteiger partial charge < -0.3 is 4.90 Å². The van der Waals surface area contributed by atoms with Crippen molar-refractivity contribution in [3.63, 3.8) is 0 Å². The van der Waals surface area contributed by atoms with E-state index in [-0.39, 0.29) is 17.3 Å². The molecule has 1 aliphatic heterocycles. The molecule has 2 heterocycles. The maximum absolute atomic E-state index is 13.3. The van der Waals surface area contributed by atoms with Gasteiger partial charge in [-0.3, -0.25) is 9.78 Å². The van der Waals surface area contributed by atoms with Gasteiger partial charge in [-0.05, 0) is 42.5 Å². The molecule has 3 rings (SSSR count). The Morgan fingerprint density at radius 1 is 1.36 bits per heavy atom. The quantitative estimate of drug-likeness (QED) is 0.650. The van der Waals surface area contributed by atoms with Crippen LogP contribution in [-0.4, -0.2) is 29.2 Å². The van der Waals surface area contributed by atoms with Crippen molar-refractivity contribution in [2.45, 2.75) is 26.2 Å². The van der Waals surface area contributed by atoms with Crippen molar-refractivity contribution >= 4 is 38.3 Å². The number of rotatable bonds is 5. The van der Waals surface area contributed by atoms with Crippen LogP contribution in [-0.2, 0) is 4.79 Å². The summed E-state index contributed by atoms with van der Waals surface area (Å²) in [5.74, 6) is 0.942. The van der Waals surface area contributed by atoms with Crippen molar-refractivity contribution < 1.29 is 13.6 Å². The standard InChI is InChI=1S/C19H21BrF2N2O/c1-12-7-13(8-14(25)9-20)11-24(10-12)17-5-4-16(19(21)22)18-15(17)3-2-6-23-18/h2-6,12-13,19H,7-11H2,1H3/t12-,13-/m0/s1. The van der Waals surface area contributed by atoms with E-state index in [0.717, 1.165) is 30.6 Å². The van der Waals surface area contributed by atoms with Crippen LogP contribution in [0, 0.1) is 11.8 Å². The van der Waals surface area contributed by atoms with E-state index < -0.39 is 6.43 Å². The molecule has 0 amide bonds. The summed E-state index contributed by atoms with van der Waals surface area (Å²) in [4.78, 5) is 18.2. The molecule has 2 atom stereocenters. The van der Waals surface area contributed by atoms with Crippen LogP contribution in [0.3, 0.4) is 0 Å². The van der Waals surface area contributed by atoms with Gasteiger partial charge in [-0.2, -0.15) is 0 Å². The van der Waals surface area contributed by atoms with E-state index in [1.54, 1.807) is 18.3 Å². The molecule has 6 heteroatoms. The molecule has 0 radical (unpaired) electrons. The smallest absolute Gasteiger partial charge is 0.265 e. The molecule has 1 aromatic heterocycles. The van der Waals surface area contributed by atoms with Gasteiger partial charge >= 0.3 is 0 Å². The van der Waals surface area contributed by atoms with E-state index in [2.05, 4.69) is 32.7 Å². The summed E-state index contributed by atoms with van der Waals surface area (Å²) in [5.41, 5.74) is 1.26. The maximum atomic E-state index is 13.3. The van der Waals surface area contributed by atoms with Gasteiger partial charge in [0.15, 0.2) is 0 Å². The summed E-state index contributed by atoms with van der Waals surface area (Å²) in [7, 11) is 0. The van der Waals surface area contributed by atoms with Crippen molar-refractivity contribution in [2.75, 3.05) is 23.3 Å². The zero-order valence-electron chi connectivity index (χ0n) is 14.1. The minimum absolute atomic E-state index is 0.0320. The Morgan fingerprint density at radius 3 is 2.88 bits per heavy atom. The molecule has 0 bridgehead atoms. The Kier molecular flexibility index (Phi) is 5.67. The molecule has 3 nitrogen and oxygen atoms in total. The molecule has 1 aromatic carbocycles. The minimum Gasteiger partial charge on any atom is -0.370 e. The Bertz CT molecular complexity index is 768. The van der Waals surface area contributed by atoms with Crippen molar-refractivity contribution in [3.8, 4) is 0 Å². The van der Waals surface area contributed by atoms with Crippen molar-refractivity contribution in [1.29, 1.82) is 0 Å². The number of halogens is 3. The molecule has 0 N–H and O–H groups in total. The van der Waals surface area contributed by atoms with Gasteiger partial charge in [-0.15, -0.1) is 0 Å². The van der Waals surface area contributed by atoms with Crippen LogP contribution in [0.4, 0.5) is 14.5 Å². The average Bonchev–Trinajstić information content (AvgIpc) is 2.59. The minimum atomic E-state index is -2.55. The molecule has 0 saturated carbocycles. The Hall–Kier alpha value is -1.56. The summed E-state index contributed by atoms with van der Waals surface area (Å²) in [6, 6.07) is 6.88. The third kappa shape index (κ3) is 4.00. The van der Waals surface area contributed by atoms with Crippen LogP contribution in [0.1, 0.15) is 31.8 Å². The molecule has 0 spiro atoms. The molecule has 1 fully saturated rings. The fraction of sp³-hybridized carbons (Fsp3) is 0.474. The number of carbonyl (C=O) groups excluding carboxylic acids is 1. The second kappa shape index (κ2) is 7.77. The van der Waals surface area contributed by atoms with Gasteiger partial charge in [0.1, 0.15) is 5.78 Å². The average molecular weight is 411 g/mol. The third-order valence-corrected chi connectivity index (χ3v) is 5.39. The van der Waals surface area contributed by atoms with Gasteiger partial charge in [0.05, 0.1) is 10.8 Å². The number of hydrogen-bond donors (Lipinski definition) is 0. The topological polar surface area (TPSA) is 33.2 Å². The zero-order valence-corrected chi connectivity index (χ0v) is 15.7. The first kappa shape index (κ1) is 18.2. The molecule has 0 unspecified atom stereocenters. The summed E-state index contributed by atoms with van der Waals surface area (Å²) in [5, 5.41) is 1.13. The number of ketones is 1. The van der Waals surface area contributed by atoms with E-state index in [4.69, 9.17) is 0 Å². The van der Waals surface area contributed by atoms with E-state index >= 15 is 0 Å². The number of benzene rings is 1. The number of piperidine rings is 1. The highest BCUT2D eigenvalue weighted by Crippen LogP contribution is 2.36. The number of aromatic nitrogens is 1. The Morgan fingerprint density at radius 2 is 2.16 bits per heavy atom. The molecule has 134 valence electrons. The van der Waals surface area contributed by atoms with Crippen LogP contribution in [0.15, 0.2) is 30.5 Å². The molecule has 2 aromatic rings. The van der Waals surface area contributed by atoms with E-state index in [1.165, 1.54) is 6.07 Å². The third-order valence-electron chi connectivity index (χ3n) is 4.77. The lowest BCUT2D eigenvalue weighted by Gasteiger charge is -2.38. The van der Waals surface area contributed by atoms with Crippen LogP contribution >= 0.6 is 15.9 Å². The fourth-order valence-electron chi connectivity index (χ4n) is 3.83. The Balaban J connectivity index is 1.95.